The van der Waals surface area contributed by atoms with Crippen LogP contribution in [0.15, 0.2) is 83.5 Å². The Labute approximate surface area is 235 Å². The lowest BCUT2D eigenvalue weighted by molar-refractivity contribution is 0.0928. The summed E-state index contributed by atoms with van der Waals surface area (Å²) < 4.78 is 19.6. The molecule has 1 amide bonds. The molecule has 6 rings (SSSR count). The van der Waals surface area contributed by atoms with E-state index >= 15 is 0 Å². The van der Waals surface area contributed by atoms with Gasteiger partial charge in [-0.1, -0.05) is 12.1 Å². The molecule has 1 aliphatic rings. The number of benzene rings is 3. The van der Waals surface area contributed by atoms with Crippen molar-refractivity contribution in [1.82, 2.24) is 15.3 Å². The summed E-state index contributed by atoms with van der Waals surface area (Å²) in [6.45, 7) is 2.24. The lowest BCUT2D eigenvalue weighted by Crippen LogP contribution is -2.36. The maximum Gasteiger partial charge on any atom is 0.252 e. The van der Waals surface area contributed by atoms with Crippen LogP contribution in [0.2, 0.25) is 0 Å². The van der Waals surface area contributed by atoms with Crippen molar-refractivity contribution in [2.24, 2.45) is 0 Å². The largest absolute Gasteiger partial charge is 0.455 e. The molecule has 202 valence electrons. The first-order chi connectivity index (χ1) is 20.0. The fraction of sp³-hybridized carbons (Fsp3) is 0.156. The molecule has 3 aromatic carbocycles. The molecule has 5 aromatic rings. The van der Waals surface area contributed by atoms with Gasteiger partial charge in [0.25, 0.3) is 5.91 Å². The second-order valence-electron chi connectivity index (χ2n) is 9.87. The van der Waals surface area contributed by atoms with Crippen LogP contribution in [0.4, 0.5) is 10.1 Å². The molecule has 1 aliphatic carbocycles. The number of carbonyl (C=O) groups excluding carboxylic acids is 2. The van der Waals surface area contributed by atoms with E-state index < -0.39 is 11.4 Å². The molecule has 0 radical (unpaired) electrons. The molecule has 0 aliphatic heterocycles. The second kappa shape index (κ2) is 10.3. The van der Waals surface area contributed by atoms with E-state index in [9.17, 15) is 19.2 Å². The Balaban J connectivity index is 1.44. The van der Waals surface area contributed by atoms with Crippen LogP contribution in [0.5, 0.6) is 0 Å². The standard InChI is InChI=1S/C32H24FN5O3/c1-2-38(19-34)27-17-28-25(26(18-39)29(41-28)20-7-9-23(33)10-8-20)16-24(27)21-5-3-6-22(15-21)30(40)37-32(11-12-32)31-35-13-4-14-36-31/h3-10,13-18H,2,11-12H2,1H3,(H,37,40). The number of anilines is 1. The normalized spacial score (nSPS) is 13.4. The molecule has 0 saturated heterocycles. The molecule has 0 spiro atoms. The molecular formula is C32H24FN5O3. The molecular weight excluding hydrogens is 521 g/mol. The monoisotopic (exact) mass is 545 g/mol. The Hall–Kier alpha value is -5.36. The Morgan fingerprint density at radius 1 is 1.10 bits per heavy atom. The van der Waals surface area contributed by atoms with Crippen molar-refractivity contribution >= 4 is 28.8 Å². The Morgan fingerprint density at radius 2 is 1.85 bits per heavy atom. The molecule has 41 heavy (non-hydrogen) atoms. The number of nitriles is 1. The summed E-state index contributed by atoms with van der Waals surface area (Å²) in [5.41, 5.74) is 3.03. The van der Waals surface area contributed by atoms with Crippen molar-refractivity contribution < 1.29 is 18.4 Å². The van der Waals surface area contributed by atoms with Gasteiger partial charge >= 0.3 is 0 Å². The van der Waals surface area contributed by atoms with E-state index in [4.69, 9.17) is 4.42 Å². The minimum atomic E-state index is -0.579. The highest BCUT2D eigenvalue weighted by Gasteiger charge is 2.48. The fourth-order valence-electron chi connectivity index (χ4n) is 5.03. The maximum atomic E-state index is 13.5. The van der Waals surface area contributed by atoms with Crippen molar-refractivity contribution in [3.05, 3.63) is 102 Å². The van der Waals surface area contributed by atoms with Gasteiger partial charge in [0, 0.05) is 47.1 Å². The zero-order valence-electron chi connectivity index (χ0n) is 22.1. The summed E-state index contributed by atoms with van der Waals surface area (Å²) in [4.78, 5) is 35.8. The van der Waals surface area contributed by atoms with Gasteiger partial charge in [0.05, 0.1) is 11.3 Å². The summed E-state index contributed by atoms with van der Waals surface area (Å²) in [6, 6.07) is 18.0. The predicted octanol–water partition coefficient (Wildman–Crippen LogP) is 6.23. The maximum absolute atomic E-state index is 13.5. The number of rotatable bonds is 8. The van der Waals surface area contributed by atoms with Crippen molar-refractivity contribution in [3.8, 4) is 28.6 Å². The van der Waals surface area contributed by atoms with Gasteiger partial charge in [-0.25, -0.2) is 14.4 Å². The summed E-state index contributed by atoms with van der Waals surface area (Å²) >= 11 is 0. The van der Waals surface area contributed by atoms with E-state index in [1.807, 2.05) is 13.0 Å². The zero-order valence-corrected chi connectivity index (χ0v) is 22.1. The van der Waals surface area contributed by atoms with E-state index in [1.54, 1.807) is 60.9 Å². The third-order valence-corrected chi connectivity index (χ3v) is 7.33. The van der Waals surface area contributed by atoms with Crippen LogP contribution >= 0.6 is 0 Å². The van der Waals surface area contributed by atoms with Crippen LogP contribution in [0.1, 0.15) is 46.3 Å². The highest BCUT2D eigenvalue weighted by molar-refractivity contribution is 6.06. The minimum absolute atomic E-state index is 0.262. The van der Waals surface area contributed by atoms with Crippen molar-refractivity contribution in [1.29, 1.82) is 5.26 Å². The molecule has 2 heterocycles. The van der Waals surface area contributed by atoms with E-state index in [0.717, 1.165) is 12.8 Å². The molecule has 0 unspecified atom stereocenters. The number of halogens is 1. The Morgan fingerprint density at radius 3 is 2.51 bits per heavy atom. The molecule has 1 fully saturated rings. The number of amides is 1. The summed E-state index contributed by atoms with van der Waals surface area (Å²) in [5.74, 6) is 0.234. The van der Waals surface area contributed by atoms with Gasteiger partial charge in [-0.05, 0) is 73.9 Å². The van der Waals surface area contributed by atoms with Crippen LogP contribution in [-0.2, 0) is 5.54 Å². The van der Waals surface area contributed by atoms with Crippen LogP contribution in [0.3, 0.4) is 0 Å². The number of carbonyl (C=O) groups is 2. The van der Waals surface area contributed by atoms with Gasteiger partial charge in [0.2, 0.25) is 0 Å². The number of fused-ring (bicyclic) bond motifs is 1. The smallest absolute Gasteiger partial charge is 0.252 e. The van der Waals surface area contributed by atoms with Crippen molar-refractivity contribution in [2.45, 2.75) is 25.3 Å². The highest BCUT2D eigenvalue weighted by Crippen LogP contribution is 2.44. The number of hydrogen-bond donors (Lipinski definition) is 1. The third kappa shape index (κ3) is 4.70. The molecule has 8 nitrogen and oxygen atoms in total. The van der Waals surface area contributed by atoms with E-state index in [2.05, 4.69) is 21.5 Å². The molecule has 9 heteroatoms. The van der Waals surface area contributed by atoms with Gasteiger partial charge in [0.15, 0.2) is 18.3 Å². The SMILES string of the molecule is CCN(C#N)c1cc2oc(-c3ccc(F)cc3)c(C=O)c2cc1-c1cccc(C(=O)NC2(c3ncccn3)CC2)c1. The van der Waals surface area contributed by atoms with Crippen LogP contribution < -0.4 is 10.2 Å². The zero-order chi connectivity index (χ0) is 28.6. The number of hydrogen-bond acceptors (Lipinski definition) is 7. The lowest BCUT2D eigenvalue weighted by Gasteiger charge is -2.19. The molecule has 0 atom stereocenters. The Kier molecular flexibility index (Phi) is 6.52. The molecule has 2 aromatic heterocycles. The second-order valence-corrected chi connectivity index (χ2v) is 9.87. The van der Waals surface area contributed by atoms with E-state index in [1.165, 1.54) is 17.0 Å². The predicted molar refractivity (Wildman–Crippen MR) is 151 cm³/mol. The number of aromatic nitrogens is 2. The van der Waals surface area contributed by atoms with Gasteiger partial charge in [-0.15, -0.1) is 0 Å². The lowest BCUT2D eigenvalue weighted by atomic mass is 9.97. The number of aldehydes is 1. The average molecular weight is 546 g/mol. The first-order valence-corrected chi connectivity index (χ1v) is 13.2. The molecule has 1 saturated carbocycles. The quantitative estimate of drug-likeness (QED) is 0.140. The molecule has 0 bridgehead atoms. The number of furan rings is 1. The van der Waals surface area contributed by atoms with Crippen molar-refractivity contribution in [2.75, 3.05) is 11.4 Å². The summed E-state index contributed by atoms with van der Waals surface area (Å²) in [6.07, 6.45) is 7.73. The highest BCUT2D eigenvalue weighted by atomic mass is 19.1. The first-order valence-electron chi connectivity index (χ1n) is 13.2. The summed E-state index contributed by atoms with van der Waals surface area (Å²) in [7, 11) is 0. The van der Waals surface area contributed by atoms with Gasteiger partial charge in [-0.3, -0.25) is 14.5 Å². The van der Waals surface area contributed by atoms with Gasteiger partial charge in [0.1, 0.15) is 22.7 Å². The van der Waals surface area contributed by atoms with Gasteiger partial charge in [-0.2, -0.15) is 5.26 Å². The topological polar surface area (TPSA) is 112 Å². The van der Waals surface area contributed by atoms with Crippen molar-refractivity contribution in [3.63, 3.8) is 0 Å². The van der Waals surface area contributed by atoms with E-state index in [0.29, 0.717) is 68.9 Å². The number of nitrogens with zero attached hydrogens (tertiary/aromatic N) is 4. The third-order valence-electron chi connectivity index (χ3n) is 7.33. The average Bonchev–Trinajstić information content (AvgIpc) is 3.70. The molecule has 1 N–H and O–H groups in total. The Bertz CT molecular complexity index is 1820. The fourth-order valence-corrected chi connectivity index (χ4v) is 5.03. The van der Waals surface area contributed by atoms with Gasteiger partial charge < -0.3 is 9.73 Å². The van der Waals surface area contributed by atoms with Crippen LogP contribution in [-0.4, -0.2) is 28.7 Å². The van der Waals surface area contributed by atoms with E-state index in [-0.39, 0.29) is 5.91 Å². The first kappa shape index (κ1) is 25.9. The number of nitrogens with one attached hydrogen (secondary N) is 1. The van der Waals surface area contributed by atoms with Crippen LogP contribution in [0, 0.1) is 17.3 Å². The summed E-state index contributed by atoms with van der Waals surface area (Å²) in [5, 5.41) is 13.5. The minimum Gasteiger partial charge on any atom is -0.455 e. The van der Waals surface area contributed by atoms with Crippen LogP contribution in [0.25, 0.3) is 33.4 Å².